The van der Waals surface area contributed by atoms with Crippen molar-refractivity contribution in [3.8, 4) is 17.6 Å². The van der Waals surface area contributed by atoms with Crippen LogP contribution in [0.5, 0.6) is 5.75 Å². The lowest BCUT2D eigenvalue weighted by Crippen LogP contribution is -1.77. The highest BCUT2D eigenvalue weighted by molar-refractivity contribution is 6.32. The van der Waals surface area contributed by atoms with E-state index in [1.807, 2.05) is 0 Å². The number of hydrogen-bond donors (Lipinski definition) is 1. The summed E-state index contributed by atoms with van der Waals surface area (Å²) in [6.07, 6.45) is 0.494. The Morgan fingerprint density at radius 1 is 1.53 bits per heavy atom. The minimum absolute atomic E-state index is 0.0125. The summed E-state index contributed by atoms with van der Waals surface area (Å²) in [6.45, 7) is 0.350. The first kappa shape index (κ1) is 11.3. The highest BCUT2D eigenvalue weighted by atomic mass is 35.5. The normalized spacial score (nSPS) is 8.60. The van der Waals surface area contributed by atoms with Crippen molar-refractivity contribution in [2.45, 2.75) is 6.42 Å². The molecular weight excluding hydrogens is 214 g/mol. The van der Waals surface area contributed by atoms with Crippen LogP contribution >= 0.6 is 11.6 Å². The summed E-state index contributed by atoms with van der Waals surface area (Å²) in [6, 6.07) is 4.78. The fourth-order valence-electron chi connectivity index (χ4n) is 0.906. The van der Waals surface area contributed by atoms with E-state index in [2.05, 4.69) is 21.9 Å². The monoisotopic (exact) mass is 221 g/mol. The lowest BCUT2D eigenvalue weighted by molar-refractivity contribution is 0.475. The van der Waals surface area contributed by atoms with Crippen molar-refractivity contribution in [1.82, 2.24) is 0 Å². The van der Waals surface area contributed by atoms with Crippen LogP contribution in [0.2, 0.25) is 5.02 Å². The first-order chi connectivity index (χ1) is 7.24. The maximum Gasteiger partial charge on any atom is 0.135 e. The van der Waals surface area contributed by atoms with Gasteiger partial charge in [0, 0.05) is 23.4 Å². The van der Waals surface area contributed by atoms with Crippen molar-refractivity contribution >= 4 is 11.6 Å². The Hall–Kier alpha value is -1.82. The zero-order chi connectivity index (χ0) is 11.1. The van der Waals surface area contributed by atoms with E-state index in [0.29, 0.717) is 23.6 Å². The van der Waals surface area contributed by atoms with Crippen LogP contribution in [0, 0.1) is 11.8 Å². The molecule has 0 radical (unpaired) electrons. The molecule has 0 amide bonds. The third kappa shape index (κ3) is 3.82. The highest BCUT2D eigenvalue weighted by Crippen LogP contribution is 2.23. The van der Waals surface area contributed by atoms with Crippen LogP contribution in [0.3, 0.4) is 0 Å². The predicted octanol–water partition coefficient (Wildman–Crippen LogP) is 3.10. The summed E-state index contributed by atoms with van der Waals surface area (Å²) in [4.78, 5) is 2.61. The van der Waals surface area contributed by atoms with E-state index in [-0.39, 0.29) is 5.75 Å². The quantitative estimate of drug-likeness (QED) is 0.269. The molecule has 0 saturated carbocycles. The third-order valence-electron chi connectivity index (χ3n) is 1.58. The maximum absolute atomic E-state index is 9.27. The van der Waals surface area contributed by atoms with E-state index in [1.54, 1.807) is 12.1 Å². The number of halogens is 1. The minimum atomic E-state index is 0.0125. The molecule has 1 N–H and O–H groups in total. The summed E-state index contributed by atoms with van der Waals surface area (Å²) in [5.41, 5.74) is 8.69. The molecule has 0 atom stereocenters. The fraction of sp³-hybridized carbons (Fsp3) is 0.200. The number of hydrogen-bond acceptors (Lipinski definition) is 2. The van der Waals surface area contributed by atoms with E-state index >= 15 is 0 Å². The summed E-state index contributed by atoms with van der Waals surface area (Å²) < 4.78 is 0. The van der Waals surface area contributed by atoms with E-state index in [9.17, 15) is 5.11 Å². The molecule has 0 unspecified atom stereocenters. The molecule has 4 nitrogen and oxygen atoms in total. The fourth-order valence-corrected chi connectivity index (χ4v) is 1.02. The Bertz CT molecular complexity index is 455. The molecule has 0 heterocycles. The van der Waals surface area contributed by atoms with Crippen LogP contribution in [-0.4, -0.2) is 11.7 Å². The molecular formula is C10H8ClN3O. The highest BCUT2D eigenvalue weighted by Gasteiger charge is 1.96. The van der Waals surface area contributed by atoms with Crippen molar-refractivity contribution in [2.75, 3.05) is 6.54 Å². The Labute approximate surface area is 92.1 Å². The number of azide groups is 1. The van der Waals surface area contributed by atoms with Crippen LogP contribution in [-0.2, 0) is 0 Å². The van der Waals surface area contributed by atoms with Crippen molar-refractivity contribution in [3.63, 3.8) is 0 Å². The van der Waals surface area contributed by atoms with Gasteiger partial charge in [0.15, 0.2) is 0 Å². The van der Waals surface area contributed by atoms with E-state index < -0.39 is 0 Å². The number of nitrogens with zero attached hydrogens (tertiary/aromatic N) is 3. The number of phenolic OH excluding ortho intramolecular Hbond substituents is 1. The van der Waals surface area contributed by atoms with Gasteiger partial charge in [-0.25, -0.2) is 0 Å². The average molecular weight is 222 g/mol. The van der Waals surface area contributed by atoms with Crippen LogP contribution in [0.15, 0.2) is 23.3 Å². The SMILES string of the molecule is [N-]=[N+]=NCCC#Cc1ccc(Cl)c(O)c1. The second-order valence-corrected chi connectivity index (χ2v) is 3.08. The summed E-state index contributed by atoms with van der Waals surface area (Å²) in [5.74, 6) is 5.65. The van der Waals surface area contributed by atoms with Gasteiger partial charge >= 0.3 is 0 Å². The van der Waals surface area contributed by atoms with Crippen molar-refractivity contribution in [2.24, 2.45) is 5.11 Å². The topological polar surface area (TPSA) is 69.0 Å². The number of aromatic hydroxyl groups is 1. The number of phenols is 1. The zero-order valence-electron chi connectivity index (χ0n) is 7.81. The van der Waals surface area contributed by atoms with Gasteiger partial charge in [0.1, 0.15) is 5.75 Å². The molecule has 1 rings (SSSR count). The first-order valence-corrected chi connectivity index (χ1v) is 4.60. The first-order valence-electron chi connectivity index (χ1n) is 4.22. The van der Waals surface area contributed by atoms with Gasteiger partial charge in [-0.05, 0) is 23.7 Å². The molecule has 0 spiro atoms. The van der Waals surface area contributed by atoms with Crippen molar-refractivity contribution < 1.29 is 5.11 Å². The standard InChI is InChI=1S/C10H8ClN3O/c11-9-5-4-8(7-10(9)15)3-1-2-6-13-14-12/h4-5,7,15H,2,6H2. The van der Waals surface area contributed by atoms with Gasteiger partial charge in [-0.1, -0.05) is 28.6 Å². The molecule has 0 aliphatic carbocycles. The summed E-state index contributed by atoms with van der Waals surface area (Å²) in [5, 5.41) is 12.9. The van der Waals surface area contributed by atoms with Gasteiger partial charge in [-0.3, -0.25) is 0 Å². The van der Waals surface area contributed by atoms with Crippen LogP contribution in [0.1, 0.15) is 12.0 Å². The molecule has 0 aliphatic heterocycles. The largest absolute Gasteiger partial charge is 0.506 e. The van der Waals surface area contributed by atoms with E-state index in [0.717, 1.165) is 0 Å². The van der Waals surface area contributed by atoms with E-state index in [4.69, 9.17) is 17.1 Å². The van der Waals surface area contributed by atoms with Gasteiger partial charge in [-0.15, -0.1) is 0 Å². The third-order valence-corrected chi connectivity index (χ3v) is 1.90. The predicted molar refractivity (Wildman–Crippen MR) is 58.6 cm³/mol. The zero-order valence-corrected chi connectivity index (χ0v) is 8.57. The lowest BCUT2D eigenvalue weighted by atomic mass is 10.2. The molecule has 0 bridgehead atoms. The molecule has 5 heteroatoms. The van der Waals surface area contributed by atoms with Gasteiger partial charge < -0.3 is 5.11 Å². The van der Waals surface area contributed by atoms with Crippen molar-refractivity contribution in [3.05, 3.63) is 39.2 Å². The van der Waals surface area contributed by atoms with Crippen molar-refractivity contribution in [1.29, 1.82) is 0 Å². The Morgan fingerprint density at radius 2 is 2.33 bits per heavy atom. The Kier molecular flexibility index (Phi) is 4.36. The van der Waals surface area contributed by atoms with Crippen LogP contribution in [0.4, 0.5) is 0 Å². The van der Waals surface area contributed by atoms with Gasteiger partial charge in [0.05, 0.1) is 5.02 Å². The van der Waals surface area contributed by atoms with E-state index in [1.165, 1.54) is 6.07 Å². The van der Waals surface area contributed by atoms with Gasteiger partial charge in [0.2, 0.25) is 0 Å². The molecule has 1 aromatic carbocycles. The molecule has 76 valence electrons. The number of rotatable bonds is 2. The summed E-state index contributed by atoms with van der Waals surface area (Å²) in [7, 11) is 0. The maximum atomic E-state index is 9.27. The van der Waals surface area contributed by atoms with Crippen LogP contribution < -0.4 is 0 Å². The number of benzene rings is 1. The average Bonchev–Trinajstić information content (AvgIpc) is 2.23. The van der Waals surface area contributed by atoms with Crippen LogP contribution in [0.25, 0.3) is 10.4 Å². The molecule has 15 heavy (non-hydrogen) atoms. The molecule has 0 saturated heterocycles. The van der Waals surface area contributed by atoms with Gasteiger partial charge in [0.25, 0.3) is 0 Å². The molecule has 0 fully saturated rings. The lowest BCUT2D eigenvalue weighted by Gasteiger charge is -1.95. The van der Waals surface area contributed by atoms with Gasteiger partial charge in [-0.2, -0.15) is 0 Å². The Balaban J connectivity index is 2.64. The second-order valence-electron chi connectivity index (χ2n) is 2.67. The molecule has 0 aliphatic rings. The second kappa shape index (κ2) is 5.82. The Morgan fingerprint density at radius 3 is 3.00 bits per heavy atom. The smallest absolute Gasteiger partial charge is 0.135 e. The minimum Gasteiger partial charge on any atom is -0.506 e. The molecule has 1 aromatic rings. The summed E-state index contributed by atoms with van der Waals surface area (Å²) >= 11 is 5.63. The molecule has 0 aromatic heterocycles.